The molecule has 0 saturated carbocycles. The van der Waals surface area contributed by atoms with Gasteiger partial charge in [-0.1, -0.05) is 18.2 Å². The molecule has 3 rings (SSSR count). The molecule has 0 aliphatic rings. The highest BCUT2D eigenvalue weighted by Crippen LogP contribution is 2.31. The van der Waals surface area contributed by atoms with E-state index in [0.717, 1.165) is 21.4 Å². The number of halogens is 1. The van der Waals surface area contributed by atoms with E-state index in [2.05, 4.69) is 26.3 Å². The smallest absolute Gasteiger partial charge is 0.275 e. The molecule has 0 aliphatic carbocycles. The summed E-state index contributed by atoms with van der Waals surface area (Å²) < 4.78 is 8.47. The highest BCUT2D eigenvalue weighted by molar-refractivity contribution is 9.10. The normalized spacial score (nSPS) is 10.7. The summed E-state index contributed by atoms with van der Waals surface area (Å²) in [6.07, 6.45) is 0.172. The van der Waals surface area contributed by atoms with Gasteiger partial charge >= 0.3 is 0 Å². The van der Waals surface area contributed by atoms with Gasteiger partial charge in [-0.05, 0) is 48.3 Å². The maximum Gasteiger partial charge on any atom is 0.275 e. The van der Waals surface area contributed by atoms with E-state index in [1.807, 2.05) is 39.0 Å². The second-order valence-corrected chi connectivity index (χ2v) is 7.64. The summed E-state index contributed by atoms with van der Waals surface area (Å²) in [6, 6.07) is 11.6. The molecule has 0 fully saturated rings. The molecular weight excluding hydrogens is 452 g/mol. The minimum absolute atomic E-state index is 0.168. The first kappa shape index (κ1) is 21.5. The number of hydrogen-bond acceptors (Lipinski definition) is 5. The molecule has 156 valence electrons. The molecule has 0 unspecified atom stereocenters. The third-order valence-electron chi connectivity index (χ3n) is 4.55. The number of carbonyl (C=O) groups excluding carboxylic acids is 1. The Morgan fingerprint density at radius 3 is 2.60 bits per heavy atom. The Balaban J connectivity index is 1.75. The minimum atomic E-state index is -0.520. The van der Waals surface area contributed by atoms with Crippen LogP contribution in [-0.2, 0) is 11.3 Å². The van der Waals surface area contributed by atoms with Gasteiger partial charge in [-0.3, -0.25) is 19.6 Å². The summed E-state index contributed by atoms with van der Waals surface area (Å²) in [7, 11) is 0. The van der Waals surface area contributed by atoms with Gasteiger partial charge in [0.05, 0.1) is 33.4 Å². The molecule has 0 saturated heterocycles. The van der Waals surface area contributed by atoms with Gasteiger partial charge in [0.1, 0.15) is 11.5 Å². The first-order chi connectivity index (χ1) is 14.2. The number of amides is 1. The van der Waals surface area contributed by atoms with Gasteiger partial charge in [-0.25, -0.2) is 0 Å². The van der Waals surface area contributed by atoms with Crippen LogP contribution in [0.3, 0.4) is 0 Å². The molecule has 2 aromatic carbocycles. The number of para-hydroxylation sites is 1. The zero-order valence-corrected chi connectivity index (χ0v) is 18.4. The van der Waals surface area contributed by atoms with Crippen LogP contribution >= 0.6 is 15.9 Å². The van der Waals surface area contributed by atoms with E-state index in [9.17, 15) is 14.9 Å². The summed E-state index contributed by atoms with van der Waals surface area (Å²) in [5.74, 6) is 0.586. The number of nitro groups is 1. The average Bonchev–Trinajstić information content (AvgIpc) is 2.94. The van der Waals surface area contributed by atoms with Crippen molar-refractivity contribution in [1.29, 1.82) is 0 Å². The Morgan fingerprint density at radius 1 is 1.23 bits per heavy atom. The molecule has 1 heterocycles. The van der Waals surface area contributed by atoms with E-state index >= 15 is 0 Å². The van der Waals surface area contributed by atoms with Crippen molar-refractivity contribution in [2.24, 2.45) is 0 Å². The van der Waals surface area contributed by atoms with Gasteiger partial charge in [0.25, 0.3) is 5.69 Å². The van der Waals surface area contributed by atoms with Crippen LogP contribution in [0.15, 0.2) is 46.9 Å². The number of nitrogens with one attached hydrogen (secondary N) is 1. The van der Waals surface area contributed by atoms with Gasteiger partial charge in [-0.2, -0.15) is 5.10 Å². The highest BCUT2D eigenvalue weighted by atomic mass is 79.9. The number of ether oxygens (including phenoxy) is 1. The number of aryl methyl sites for hydroxylation is 3. The second kappa shape index (κ2) is 9.08. The molecule has 1 amide bonds. The maximum atomic E-state index is 12.4. The molecule has 1 N–H and O–H groups in total. The van der Waals surface area contributed by atoms with Crippen molar-refractivity contribution < 1.29 is 14.5 Å². The lowest BCUT2D eigenvalue weighted by atomic mass is 10.2. The molecule has 0 aliphatic heterocycles. The zero-order chi connectivity index (χ0) is 21.8. The van der Waals surface area contributed by atoms with E-state index in [-0.39, 0.29) is 23.8 Å². The summed E-state index contributed by atoms with van der Waals surface area (Å²) >= 11 is 3.46. The fourth-order valence-corrected chi connectivity index (χ4v) is 3.23. The van der Waals surface area contributed by atoms with Gasteiger partial charge in [0.15, 0.2) is 0 Å². The summed E-state index contributed by atoms with van der Waals surface area (Å²) in [6.45, 7) is 6.07. The predicted octanol–water partition coefficient (Wildman–Crippen LogP) is 5.30. The number of nitro benzene ring substituents is 1. The maximum absolute atomic E-state index is 12.4. The third kappa shape index (κ3) is 5.04. The standard InChI is InChI=1S/C21H21BrN4O4/c1-13-6-4-5-7-19(13)30-18-11-16(10-17(12-18)26(28)29)23-20(27)8-9-25-15(3)21(22)14(2)24-25/h4-7,10-12H,8-9H2,1-3H3,(H,23,27). The highest BCUT2D eigenvalue weighted by Gasteiger charge is 2.15. The lowest BCUT2D eigenvalue weighted by Crippen LogP contribution is -2.15. The number of anilines is 1. The Labute approximate surface area is 182 Å². The summed E-state index contributed by atoms with van der Waals surface area (Å²) in [4.78, 5) is 23.2. The molecule has 30 heavy (non-hydrogen) atoms. The molecule has 0 bridgehead atoms. The Kier molecular flexibility index (Phi) is 6.51. The number of carbonyl (C=O) groups is 1. The van der Waals surface area contributed by atoms with E-state index in [4.69, 9.17) is 4.74 Å². The van der Waals surface area contributed by atoms with Crippen molar-refractivity contribution >= 4 is 33.2 Å². The van der Waals surface area contributed by atoms with Gasteiger partial charge < -0.3 is 10.1 Å². The van der Waals surface area contributed by atoms with Crippen molar-refractivity contribution in [2.45, 2.75) is 33.7 Å². The Morgan fingerprint density at radius 2 is 1.97 bits per heavy atom. The van der Waals surface area contributed by atoms with Gasteiger partial charge in [0.2, 0.25) is 5.91 Å². The number of hydrogen-bond donors (Lipinski definition) is 1. The van der Waals surface area contributed by atoms with Crippen molar-refractivity contribution in [1.82, 2.24) is 9.78 Å². The predicted molar refractivity (Wildman–Crippen MR) is 117 cm³/mol. The Bertz CT molecular complexity index is 1110. The average molecular weight is 473 g/mol. The SMILES string of the molecule is Cc1ccccc1Oc1cc(NC(=O)CCn2nc(C)c(Br)c2C)cc([N+](=O)[O-])c1. The molecule has 0 spiro atoms. The molecule has 1 aromatic heterocycles. The van der Waals surface area contributed by atoms with Crippen molar-refractivity contribution in [3.8, 4) is 11.5 Å². The number of non-ortho nitro benzene ring substituents is 1. The molecule has 8 nitrogen and oxygen atoms in total. The van der Waals surface area contributed by atoms with E-state index in [0.29, 0.717) is 18.0 Å². The van der Waals surface area contributed by atoms with Crippen LogP contribution in [-0.4, -0.2) is 20.6 Å². The first-order valence-corrected chi connectivity index (χ1v) is 10.1. The lowest BCUT2D eigenvalue weighted by molar-refractivity contribution is -0.384. The molecule has 9 heteroatoms. The van der Waals surface area contributed by atoms with Crippen LogP contribution in [0.1, 0.15) is 23.4 Å². The third-order valence-corrected chi connectivity index (χ3v) is 5.70. The molecule has 3 aromatic rings. The van der Waals surface area contributed by atoms with Crippen LogP contribution in [0.2, 0.25) is 0 Å². The second-order valence-electron chi connectivity index (χ2n) is 6.85. The number of rotatable bonds is 7. The van der Waals surface area contributed by atoms with Crippen molar-refractivity contribution in [3.05, 3.63) is 74.0 Å². The van der Waals surface area contributed by atoms with Crippen molar-refractivity contribution in [2.75, 3.05) is 5.32 Å². The van der Waals surface area contributed by atoms with E-state index in [1.54, 1.807) is 16.8 Å². The number of nitrogens with zero attached hydrogens (tertiary/aromatic N) is 3. The minimum Gasteiger partial charge on any atom is -0.457 e. The quantitative estimate of drug-likeness (QED) is 0.371. The molecule has 0 atom stereocenters. The van der Waals surface area contributed by atoms with Crippen LogP contribution in [0.4, 0.5) is 11.4 Å². The zero-order valence-electron chi connectivity index (χ0n) is 16.8. The van der Waals surface area contributed by atoms with Gasteiger partial charge in [0, 0.05) is 24.2 Å². The van der Waals surface area contributed by atoms with Crippen LogP contribution in [0.5, 0.6) is 11.5 Å². The topological polar surface area (TPSA) is 99.3 Å². The van der Waals surface area contributed by atoms with Crippen LogP contribution in [0.25, 0.3) is 0 Å². The van der Waals surface area contributed by atoms with Crippen LogP contribution < -0.4 is 10.1 Å². The lowest BCUT2D eigenvalue weighted by Gasteiger charge is -2.11. The van der Waals surface area contributed by atoms with Gasteiger partial charge in [-0.15, -0.1) is 0 Å². The van der Waals surface area contributed by atoms with Crippen LogP contribution in [0, 0.1) is 30.9 Å². The number of aromatic nitrogens is 2. The monoisotopic (exact) mass is 472 g/mol. The fraction of sp³-hybridized carbons (Fsp3) is 0.238. The summed E-state index contributed by atoms with van der Waals surface area (Å²) in [5, 5.41) is 18.4. The van der Waals surface area contributed by atoms with E-state index in [1.165, 1.54) is 12.1 Å². The van der Waals surface area contributed by atoms with Crippen molar-refractivity contribution in [3.63, 3.8) is 0 Å². The number of benzene rings is 2. The first-order valence-electron chi connectivity index (χ1n) is 9.27. The Hall–Kier alpha value is -3.20. The molecule has 0 radical (unpaired) electrons. The fourth-order valence-electron chi connectivity index (χ4n) is 2.94. The molecular formula is C21H21BrN4O4. The summed E-state index contributed by atoms with van der Waals surface area (Å²) in [5.41, 5.74) is 2.81. The van der Waals surface area contributed by atoms with E-state index < -0.39 is 4.92 Å². The largest absolute Gasteiger partial charge is 0.457 e.